The number of hydrogen-bond acceptors (Lipinski definition) is 3. The van der Waals surface area contributed by atoms with Gasteiger partial charge in [-0.2, -0.15) is 0 Å². The molecule has 1 amide bonds. The van der Waals surface area contributed by atoms with E-state index in [1.165, 1.54) is 35.6 Å². The average Bonchev–Trinajstić information content (AvgIpc) is 3.03. The molecule has 3 rings (SSSR count). The molecule has 0 fully saturated rings. The molecule has 1 aromatic heterocycles. The Hall–Kier alpha value is -2.50. The van der Waals surface area contributed by atoms with Crippen LogP contribution in [0.25, 0.3) is 17.3 Å². The third kappa shape index (κ3) is 3.88. The molecule has 6 heteroatoms. The van der Waals surface area contributed by atoms with Crippen molar-refractivity contribution in [3.05, 3.63) is 76.4 Å². The Morgan fingerprint density at radius 1 is 1.17 bits per heavy atom. The van der Waals surface area contributed by atoms with Gasteiger partial charge in [-0.1, -0.05) is 48.0 Å². The third-order valence-electron chi connectivity index (χ3n) is 3.20. The van der Waals surface area contributed by atoms with E-state index >= 15 is 0 Å². The Kier molecular flexibility index (Phi) is 5.03. The first kappa shape index (κ1) is 16.4. The number of anilines is 1. The summed E-state index contributed by atoms with van der Waals surface area (Å²) in [7, 11) is 0. The molecule has 0 aliphatic rings. The Balaban J connectivity index is 1.70. The van der Waals surface area contributed by atoms with Crippen molar-refractivity contribution in [3.8, 4) is 11.3 Å². The highest BCUT2D eigenvalue weighted by Gasteiger charge is 2.07. The minimum atomic E-state index is -0.479. The van der Waals surface area contributed by atoms with Crippen LogP contribution in [0.2, 0.25) is 5.02 Å². The van der Waals surface area contributed by atoms with E-state index in [1.54, 1.807) is 6.07 Å². The molecule has 3 aromatic rings. The monoisotopic (exact) mass is 358 g/mol. The molecule has 1 heterocycles. The topological polar surface area (TPSA) is 42.0 Å². The molecule has 0 unspecified atom stereocenters. The van der Waals surface area contributed by atoms with E-state index in [0.717, 1.165) is 11.3 Å². The van der Waals surface area contributed by atoms with Crippen LogP contribution in [0.4, 0.5) is 9.52 Å². The van der Waals surface area contributed by atoms with E-state index in [2.05, 4.69) is 10.3 Å². The summed E-state index contributed by atoms with van der Waals surface area (Å²) in [6, 6.07) is 14.0. The van der Waals surface area contributed by atoms with Gasteiger partial charge in [0.1, 0.15) is 5.82 Å². The summed E-state index contributed by atoms with van der Waals surface area (Å²) in [6.45, 7) is 0. The standard InChI is InChI=1S/C18H12ClFN2OS/c19-14-7-4-8-15(20)13(14)9-10-17(23)22-18-21-16(11-24-18)12-5-2-1-3-6-12/h1-11H,(H,21,22,23). The number of halogens is 2. The van der Waals surface area contributed by atoms with Crippen LogP contribution in [-0.2, 0) is 4.79 Å². The summed E-state index contributed by atoms with van der Waals surface area (Å²) >= 11 is 7.23. The molecule has 0 aliphatic carbocycles. The minimum Gasteiger partial charge on any atom is -0.298 e. The zero-order valence-corrected chi connectivity index (χ0v) is 13.9. The van der Waals surface area contributed by atoms with Gasteiger partial charge in [0.15, 0.2) is 5.13 Å². The Labute approximate surface area is 147 Å². The predicted octanol–water partition coefficient (Wildman–Crippen LogP) is 5.25. The highest BCUT2D eigenvalue weighted by Crippen LogP contribution is 2.25. The quantitative estimate of drug-likeness (QED) is 0.647. The second-order valence-electron chi connectivity index (χ2n) is 4.86. The average molecular weight is 359 g/mol. The summed E-state index contributed by atoms with van der Waals surface area (Å²) in [6.07, 6.45) is 2.58. The molecule has 0 saturated heterocycles. The highest BCUT2D eigenvalue weighted by atomic mass is 35.5. The molecule has 1 N–H and O–H groups in total. The fraction of sp³-hybridized carbons (Fsp3) is 0. The minimum absolute atomic E-state index is 0.179. The van der Waals surface area contributed by atoms with Gasteiger partial charge in [0.25, 0.3) is 0 Å². The maximum Gasteiger partial charge on any atom is 0.250 e. The van der Waals surface area contributed by atoms with Crippen molar-refractivity contribution < 1.29 is 9.18 Å². The number of aromatic nitrogens is 1. The van der Waals surface area contributed by atoms with Crippen molar-refractivity contribution in [2.75, 3.05) is 5.32 Å². The van der Waals surface area contributed by atoms with Gasteiger partial charge in [0.05, 0.1) is 10.7 Å². The Morgan fingerprint density at radius 3 is 2.71 bits per heavy atom. The maximum absolute atomic E-state index is 13.6. The summed E-state index contributed by atoms with van der Waals surface area (Å²) in [4.78, 5) is 16.3. The molecular formula is C18H12ClFN2OS. The van der Waals surface area contributed by atoms with Crippen LogP contribution in [0.3, 0.4) is 0 Å². The van der Waals surface area contributed by atoms with Gasteiger partial charge in [0.2, 0.25) is 5.91 Å². The highest BCUT2D eigenvalue weighted by molar-refractivity contribution is 7.14. The number of hydrogen-bond donors (Lipinski definition) is 1. The number of carbonyl (C=O) groups excluding carboxylic acids is 1. The van der Waals surface area contributed by atoms with Gasteiger partial charge in [-0.15, -0.1) is 11.3 Å². The third-order valence-corrected chi connectivity index (χ3v) is 4.29. The number of thiazole rings is 1. The van der Waals surface area contributed by atoms with Crippen LogP contribution in [0.15, 0.2) is 60.0 Å². The van der Waals surface area contributed by atoms with E-state index in [4.69, 9.17) is 11.6 Å². The summed E-state index contributed by atoms with van der Waals surface area (Å²) in [5.74, 6) is -0.879. The van der Waals surface area contributed by atoms with Crippen LogP contribution < -0.4 is 5.32 Å². The number of nitrogens with zero attached hydrogens (tertiary/aromatic N) is 1. The summed E-state index contributed by atoms with van der Waals surface area (Å²) in [5.41, 5.74) is 1.94. The van der Waals surface area contributed by atoms with Crippen LogP contribution in [-0.4, -0.2) is 10.9 Å². The maximum atomic E-state index is 13.6. The van der Waals surface area contributed by atoms with E-state index in [-0.39, 0.29) is 10.6 Å². The first-order valence-corrected chi connectivity index (χ1v) is 8.33. The normalized spacial score (nSPS) is 10.9. The van der Waals surface area contributed by atoms with Gasteiger partial charge in [-0.25, -0.2) is 9.37 Å². The molecule has 24 heavy (non-hydrogen) atoms. The van der Waals surface area contributed by atoms with E-state index in [1.807, 2.05) is 35.7 Å². The van der Waals surface area contributed by atoms with Crippen LogP contribution in [0.1, 0.15) is 5.56 Å². The van der Waals surface area contributed by atoms with Crippen molar-refractivity contribution in [1.29, 1.82) is 0 Å². The zero-order chi connectivity index (χ0) is 16.9. The molecular weight excluding hydrogens is 347 g/mol. The van der Waals surface area contributed by atoms with Crippen molar-refractivity contribution >= 4 is 40.1 Å². The zero-order valence-electron chi connectivity index (χ0n) is 12.4. The fourth-order valence-electron chi connectivity index (χ4n) is 2.05. The lowest BCUT2D eigenvalue weighted by atomic mass is 10.2. The molecule has 120 valence electrons. The van der Waals surface area contributed by atoms with Crippen molar-refractivity contribution in [1.82, 2.24) is 4.98 Å². The molecule has 0 bridgehead atoms. The lowest BCUT2D eigenvalue weighted by molar-refractivity contribution is -0.111. The first-order chi connectivity index (χ1) is 11.6. The van der Waals surface area contributed by atoms with Gasteiger partial charge in [-0.3, -0.25) is 10.1 Å². The van der Waals surface area contributed by atoms with Crippen LogP contribution in [0.5, 0.6) is 0 Å². The second-order valence-corrected chi connectivity index (χ2v) is 6.13. The molecule has 0 radical (unpaired) electrons. The molecule has 0 aliphatic heterocycles. The fourth-order valence-corrected chi connectivity index (χ4v) is 3.00. The molecule has 0 saturated carbocycles. The van der Waals surface area contributed by atoms with Gasteiger partial charge in [0, 0.05) is 22.6 Å². The Morgan fingerprint density at radius 2 is 1.96 bits per heavy atom. The van der Waals surface area contributed by atoms with E-state index in [9.17, 15) is 9.18 Å². The van der Waals surface area contributed by atoms with Gasteiger partial charge >= 0.3 is 0 Å². The molecule has 0 atom stereocenters. The predicted molar refractivity (Wildman–Crippen MR) is 96.6 cm³/mol. The number of benzene rings is 2. The molecule has 2 aromatic carbocycles. The SMILES string of the molecule is O=C(C=Cc1c(F)cccc1Cl)Nc1nc(-c2ccccc2)cs1. The Bertz CT molecular complexity index is 873. The smallest absolute Gasteiger partial charge is 0.250 e. The number of amides is 1. The number of carbonyl (C=O) groups is 1. The van der Waals surface area contributed by atoms with Gasteiger partial charge in [-0.05, 0) is 18.2 Å². The van der Waals surface area contributed by atoms with Gasteiger partial charge < -0.3 is 0 Å². The van der Waals surface area contributed by atoms with Crippen LogP contribution >= 0.6 is 22.9 Å². The van der Waals surface area contributed by atoms with Crippen molar-refractivity contribution in [2.24, 2.45) is 0 Å². The molecule has 3 nitrogen and oxygen atoms in total. The lowest BCUT2D eigenvalue weighted by Crippen LogP contribution is -2.07. The van der Waals surface area contributed by atoms with E-state index < -0.39 is 11.7 Å². The van der Waals surface area contributed by atoms with Crippen LogP contribution in [0, 0.1) is 5.82 Å². The van der Waals surface area contributed by atoms with E-state index in [0.29, 0.717) is 5.13 Å². The first-order valence-electron chi connectivity index (χ1n) is 7.07. The number of rotatable bonds is 4. The van der Waals surface area contributed by atoms with Crippen molar-refractivity contribution in [2.45, 2.75) is 0 Å². The largest absolute Gasteiger partial charge is 0.298 e. The summed E-state index contributed by atoms with van der Waals surface area (Å²) in [5, 5.41) is 5.25. The van der Waals surface area contributed by atoms with Crippen molar-refractivity contribution in [3.63, 3.8) is 0 Å². The number of nitrogens with one attached hydrogen (secondary N) is 1. The second kappa shape index (κ2) is 7.38. The summed E-state index contributed by atoms with van der Waals surface area (Å²) < 4.78 is 13.6. The lowest BCUT2D eigenvalue weighted by Gasteiger charge is -2.00. The molecule has 0 spiro atoms.